The molecule has 17 heavy (non-hydrogen) atoms. The molecule has 1 atom stereocenters. The highest BCUT2D eigenvalue weighted by Gasteiger charge is 2.40. The van der Waals surface area contributed by atoms with Crippen LogP contribution in [0.4, 0.5) is 0 Å². The molecule has 1 aliphatic carbocycles. The van der Waals surface area contributed by atoms with Gasteiger partial charge < -0.3 is 5.73 Å². The Hall–Kier alpha value is -0.120. The van der Waals surface area contributed by atoms with E-state index >= 15 is 0 Å². The molecule has 2 rings (SSSR count). The minimum atomic E-state index is 0.166. The topological polar surface area (TPSA) is 41.3 Å². The van der Waals surface area contributed by atoms with Gasteiger partial charge in [-0.25, -0.2) is 10.4 Å². The average molecular weight is 239 g/mol. The van der Waals surface area contributed by atoms with Crippen LogP contribution in [0.1, 0.15) is 58.8 Å². The van der Waals surface area contributed by atoms with Crippen LogP contribution in [0.25, 0.3) is 0 Å². The van der Waals surface area contributed by atoms with Gasteiger partial charge in [0, 0.05) is 25.2 Å². The molecule has 0 aromatic carbocycles. The summed E-state index contributed by atoms with van der Waals surface area (Å²) in [5.41, 5.74) is 10.5. The van der Waals surface area contributed by atoms with Crippen molar-refractivity contribution in [1.29, 1.82) is 0 Å². The van der Waals surface area contributed by atoms with Crippen molar-refractivity contribution in [2.45, 2.75) is 64.3 Å². The number of hydrogen-bond acceptors (Lipinski definition) is 3. The van der Waals surface area contributed by atoms with E-state index in [1.54, 1.807) is 0 Å². The summed E-state index contributed by atoms with van der Waals surface area (Å²) >= 11 is 0. The minimum Gasteiger partial charge on any atom is -0.329 e. The van der Waals surface area contributed by atoms with Crippen LogP contribution in [0.2, 0.25) is 0 Å². The monoisotopic (exact) mass is 239 g/mol. The highest BCUT2D eigenvalue weighted by molar-refractivity contribution is 4.97. The zero-order valence-electron chi connectivity index (χ0n) is 11.6. The van der Waals surface area contributed by atoms with Gasteiger partial charge in [0.1, 0.15) is 0 Å². The molecule has 1 saturated heterocycles. The van der Waals surface area contributed by atoms with Gasteiger partial charge in [-0.2, -0.15) is 0 Å². The van der Waals surface area contributed by atoms with Crippen LogP contribution in [-0.2, 0) is 0 Å². The quantitative estimate of drug-likeness (QED) is 0.794. The molecule has 1 unspecified atom stereocenters. The maximum absolute atomic E-state index is 6.09. The van der Waals surface area contributed by atoms with Crippen LogP contribution < -0.4 is 11.2 Å². The fourth-order valence-corrected chi connectivity index (χ4v) is 3.65. The number of nitrogens with zero attached hydrogens (tertiary/aromatic N) is 1. The molecule has 1 aliphatic heterocycles. The maximum Gasteiger partial charge on any atom is 0.0453 e. The van der Waals surface area contributed by atoms with Crippen molar-refractivity contribution in [3.63, 3.8) is 0 Å². The summed E-state index contributed by atoms with van der Waals surface area (Å²) in [6.07, 6.45) is 9.16. The van der Waals surface area contributed by atoms with Crippen molar-refractivity contribution in [2.24, 2.45) is 11.1 Å². The lowest BCUT2D eigenvalue weighted by Gasteiger charge is -2.48. The van der Waals surface area contributed by atoms with E-state index in [4.69, 9.17) is 5.73 Å². The third-order valence-corrected chi connectivity index (χ3v) is 4.47. The van der Waals surface area contributed by atoms with Crippen molar-refractivity contribution >= 4 is 0 Å². The molecule has 3 N–H and O–H groups in total. The Kier molecular flexibility index (Phi) is 4.11. The number of nitrogens with one attached hydrogen (secondary N) is 1. The molecule has 0 amide bonds. The van der Waals surface area contributed by atoms with Gasteiger partial charge in [-0.1, -0.05) is 26.7 Å². The summed E-state index contributed by atoms with van der Waals surface area (Å²) in [6.45, 7) is 7.93. The second-order valence-corrected chi connectivity index (χ2v) is 6.84. The zero-order chi connectivity index (χ0) is 12.4. The van der Waals surface area contributed by atoms with E-state index in [0.29, 0.717) is 5.41 Å². The van der Waals surface area contributed by atoms with Gasteiger partial charge in [-0.15, -0.1) is 0 Å². The largest absolute Gasteiger partial charge is 0.329 e. The Bertz CT molecular complexity index is 246. The standard InChI is InChI=1S/C14H29N3/c1-13(2)7-6-8-14(11-13,12-15)16-17-9-4-3-5-10-17/h16H,3-12,15H2,1-2H3. The average Bonchev–Trinajstić information content (AvgIpc) is 2.29. The SMILES string of the molecule is CC1(C)CCCC(CN)(NN2CCCCC2)C1. The Balaban J connectivity index is 1.97. The van der Waals surface area contributed by atoms with E-state index in [1.165, 1.54) is 58.0 Å². The molecule has 1 saturated carbocycles. The van der Waals surface area contributed by atoms with E-state index in [0.717, 1.165) is 6.54 Å². The molecule has 3 heteroatoms. The van der Waals surface area contributed by atoms with Crippen molar-refractivity contribution in [3.8, 4) is 0 Å². The smallest absolute Gasteiger partial charge is 0.0453 e. The summed E-state index contributed by atoms with van der Waals surface area (Å²) in [6, 6.07) is 0. The van der Waals surface area contributed by atoms with Crippen molar-refractivity contribution in [2.75, 3.05) is 19.6 Å². The molecule has 2 aliphatic rings. The van der Waals surface area contributed by atoms with Gasteiger partial charge in [-0.05, 0) is 37.5 Å². The Morgan fingerprint density at radius 1 is 1.06 bits per heavy atom. The van der Waals surface area contributed by atoms with Gasteiger partial charge in [0.25, 0.3) is 0 Å². The maximum atomic E-state index is 6.09. The Morgan fingerprint density at radius 2 is 1.76 bits per heavy atom. The Labute approximate surface area is 106 Å². The molecule has 0 spiro atoms. The molecule has 0 aromatic rings. The first kappa shape index (κ1) is 13.3. The lowest BCUT2D eigenvalue weighted by molar-refractivity contribution is 0.0277. The molecule has 100 valence electrons. The predicted octanol–water partition coefficient (Wildman–Crippen LogP) is 2.27. The van der Waals surface area contributed by atoms with Crippen LogP contribution >= 0.6 is 0 Å². The second kappa shape index (κ2) is 5.25. The number of hydrogen-bond donors (Lipinski definition) is 2. The van der Waals surface area contributed by atoms with E-state index in [2.05, 4.69) is 24.3 Å². The molecule has 0 radical (unpaired) electrons. The zero-order valence-corrected chi connectivity index (χ0v) is 11.6. The summed E-state index contributed by atoms with van der Waals surface area (Å²) in [5.74, 6) is 0. The molecule has 1 heterocycles. The van der Waals surface area contributed by atoms with Crippen LogP contribution in [0.5, 0.6) is 0 Å². The molecule has 0 aromatic heterocycles. The fraction of sp³-hybridized carbons (Fsp3) is 1.00. The first-order chi connectivity index (χ1) is 8.05. The van der Waals surface area contributed by atoms with Crippen LogP contribution in [0.15, 0.2) is 0 Å². The summed E-state index contributed by atoms with van der Waals surface area (Å²) in [4.78, 5) is 0. The van der Waals surface area contributed by atoms with Crippen molar-refractivity contribution in [1.82, 2.24) is 10.4 Å². The van der Waals surface area contributed by atoms with E-state index in [1.807, 2.05) is 0 Å². The third kappa shape index (κ3) is 3.43. The van der Waals surface area contributed by atoms with Gasteiger partial charge in [-0.3, -0.25) is 0 Å². The van der Waals surface area contributed by atoms with Crippen molar-refractivity contribution < 1.29 is 0 Å². The van der Waals surface area contributed by atoms with Gasteiger partial charge in [0.15, 0.2) is 0 Å². The molecular formula is C14H29N3. The molecule has 2 fully saturated rings. The number of hydrazine groups is 1. The Morgan fingerprint density at radius 3 is 2.35 bits per heavy atom. The fourth-order valence-electron chi connectivity index (χ4n) is 3.65. The molecular weight excluding hydrogens is 210 g/mol. The summed E-state index contributed by atoms with van der Waals surface area (Å²) in [5, 5.41) is 2.43. The lowest BCUT2D eigenvalue weighted by atomic mass is 9.68. The summed E-state index contributed by atoms with van der Waals surface area (Å²) in [7, 11) is 0. The highest BCUT2D eigenvalue weighted by Crippen LogP contribution is 2.40. The number of rotatable bonds is 3. The van der Waals surface area contributed by atoms with Gasteiger partial charge in [0.2, 0.25) is 0 Å². The van der Waals surface area contributed by atoms with Crippen LogP contribution in [0, 0.1) is 5.41 Å². The highest BCUT2D eigenvalue weighted by atomic mass is 15.5. The van der Waals surface area contributed by atoms with Gasteiger partial charge in [0.05, 0.1) is 0 Å². The lowest BCUT2D eigenvalue weighted by Crippen LogP contribution is -2.62. The van der Waals surface area contributed by atoms with Gasteiger partial charge >= 0.3 is 0 Å². The predicted molar refractivity (Wildman–Crippen MR) is 72.6 cm³/mol. The van der Waals surface area contributed by atoms with Crippen LogP contribution in [0.3, 0.4) is 0 Å². The summed E-state index contributed by atoms with van der Waals surface area (Å²) < 4.78 is 0. The normalized spacial score (nSPS) is 34.8. The molecule has 0 bridgehead atoms. The first-order valence-electron chi connectivity index (χ1n) is 7.28. The van der Waals surface area contributed by atoms with E-state index < -0.39 is 0 Å². The van der Waals surface area contributed by atoms with Crippen LogP contribution in [-0.4, -0.2) is 30.2 Å². The minimum absolute atomic E-state index is 0.166. The van der Waals surface area contributed by atoms with Crippen molar-refractivity contribution in [3.05, 3.63) is 0 Å². The third-order valence-electron chi connectivity index (χ3n) is 4.47. The number of piperidine rings is 1. The second-order valence-electron chi connectivity index (χ2n) is 6.84. The first-order valence-corrected chi connectivity index (χ1v) is 7.28. The molecule has 3 nitrogen and oxygen atoms in total. The van der Waals surface area contributed by atoms with E-state index in [-0.39, 0.29) is 5.54 Å². The van der Waals surface area contributed by atoms with E-state index in [9.17, 15) is 0 Å². The number of nitrogens with two attached hydrogens (primary N) is 1.